The monoisotopic (exact) mass is 195 g/mol. The first-order valence-electron chi connectivity index (χ1n) is 4.56. The molecule has 78 valence electrons. The van der Waals surface area contributed by atoms with Gasteiger partial charge in [0.25, 0.3) is 0 Å². The van der Waals surface area contributed by atoms with E-state index in [9.17, 15) is 0 Å². The fourth-order valence-corrected chi connectivity index (χ4v) is 1.65. The predicted octanol–water partition coefficient (Wildman–Crippen LogP) is 1.78. The van der Waals surface area contributed by atoms with Gasteiger partial charge in [0.1, 0.15) is 11.5 Å². The molecule has 0 aliphatic heterocycles. The third-order valence-electron chi connectivity index (χ3n) is 2.44. The fraction of sp³-hybridized carbons (Fsp3) is 0.455. The van der Waals surface area contributed by atoms with Crippen molar-refractivity contribution in [1.82, 2.24) is 0 Å². The molecule has 0 bridgehead atoms. The largest absolute Gasteiger partial charge is 0.496 e. The van der Waals surface area contributed by atoms with Crippen molar-refractivity contribution >= 4 is 0 Å². The van der Waals surface area contributed by atoms with Crippen molar-refractivity contribution in [3.8, 4) is 11.5 Å². The molecule has 1 aromatic carbocycles. The van der Waals surface area contributed by atoms with Crippen LogP contribution in [0.2, 0.25) is 0 Å². The van der Waals surface area contributed by atoms with Gasteiger partial charge in [0.05, 0.1) is 14.2 Å². The van der Waals surface area contributed by atoms with E-state index in [0.29, 0.717) is 6.54 Å². The maximum absolute atomic E-state index is 5.67. The topological polar surface area (TPSA) is 44.5 Å². The summed E-state index contributed by atoms with van der Waals surface area (Å²) < 4.78 is 10.6. The minimum atomic E-state index is 0.486. The van der Waals surface area contributed by atoms with E-state index in [1.807, 2.05) is 19.9 Å². The Morgan fingerprint density at radius 1 is 1.21 bits per heavy atom. The highest BCUT2D eigenvalue weighted by Crippen LogP contribution is 2.33. The molecule has 0 amide bonds. The van der Waals surface area contributed by atoms with Crippen molar-refractivity contribution in [3.05, 3.63) is 22.8 Å². The number of rotatable bonds is 3. The van der Waals surface area contributed by atoms with Gasteiger partial charge in [-0.15, -0.1) is 0 Å². The standard InChI is InChI=1S/C11H17NO2/c1-7-5-10(13-3)8(2)11(14-4)9(7)6-12/h5H,6,12H2,1-4H3. The molecule has 14 heavy (non-hydrogen) atoms. The summed E-state index contributed by atoms with van der Waals surface area (Å²) in [7, 11) is 3.31. The lowest BCUT2D eigenvalue weighted by atomic mass is 10.0. The second kappa shape index (κ2) is 4.33. The maximum Gasteiger partial charge on any atom is 0.130 e. The fourth-order valence-electron chi connectivity index (χ4n) is 1.65. The van der Waals surface area contributed by atoms with Gasteiger partial charge in [-0.2, -0.15) is 0 Å². The van der Waals surface area contributed by atoms with Gasteiger partial charge in [0, 0.05) is 17.7 Å². The minimum absolute atomic E-state index is 0.486. The number of hydrogen-bond acceptors (Lipinski definition) is 3. The lowest BCUT2D eigenvalue weighted by Crippen LogP contribution is -2.05. The Labute approximate surface area is 84.8 Å². The number of ether oxygens (including phenoxy) is 2. The SMILES string of the molecule is COc1cc(C)c(CN)c(OC)c1C. The Hall–Kier alpha value is -1.22. The van der Waals surface area contributed by atoms with Gasteiger partial charge in [-0.3, -0.25) is 0 Å². The average Bonchev–Trinajstić information content (AvgIpc) is 2.20. The third-order valence-corrected chi connectivity index (χ3v) is 2.44. The maximum atomic E-state index is 5.67. The zero-order valence-electron chi connectivity index (χ0n) is 9.18. The molecule has 0 saturated carbocycles. The van der Waals surface area contributed by atoms with Gasteiger partial charge >= 0.3 is 0 Å². The molecule has 0 unspecified atom stereocenters. The summed E-state index contributed by atoms with van der Waals surface area (Å²) in [5, 5.41) is 0. The van der Waals surface area contributed by atoms with E-state index >= 15 is 0 Å². The summed E-state index contributed by atoms with van der Waals surface area (Å²) >= 11 is 0. The molecule has 0 spiro atoms. The molecule has 1 aromatic rings. The molecular weight excluding hydrogens is 178 g/mol. The van der Waals surface area contributed by atoms with Crippen molar-refractivity contribution in [2.75, 3.05) is 14.2 Å². The molecule has 1 rings (SSSR count). The van der Waals surface area contributed by atoms with Crippen molar-refractivity contribution in [1.29, 1.82) is 0 Å². The van der Waals surface area contributed by atoms with E-state index in [1.165, 1.54) is 0 Å². The van der Waals surface area contributed by atoms with Crippen molar-refractivity contribution in [2.45, 2.75) is 20.4 Å². The summed E-state index contributed by atoms with van der Waals surface area (Å²) in [5.74, 6) is 1.68. The molecule has 3 heteroatoms. The average molecular weight is 195 g/mol. The van der Waals surface area contributed by atoms with Crippen LogP contribution in [0, 0.1) is 13.8 Å². The summed E-state index contributed by atoms with van der Waals surface area (Å²) in [5.41, 5.74) is 8.82. The summed E-state index contributed by atoms with van der Waals surface area (Å²) in [6.07, 6.45) is 0. The Morgan fingerprint density at radius 2 is 1.86 bits per heavy atom. The summed E-state index contributed by atoms with van der Waals surface area (Å²) in [4.78, 5) is 0. The highest BCUT2D eigenvalue weighted by molar-refractivity contribution is 5.53. The van der Waals surface area contributed by atoms with Gasteiger partial charge in [0.15, 0.2) is 0 Å². The number of benzene rings is 1. The first kappa shape index (κ1) is 10.9. The van der Waals surface area contributed by atoms with Crippen LogP contribution in [-0.4, -0.2) is 14.2 Å². The van der Waals surface area contributed by atoms with Crippen LogP contribution >= 0.6 is 0 Å². The lowest BCUT2D eigenvalue weighted by molar-refractivity contribution is 0.385. The molecular formula is C11H17NO2. The van der Waals surface area contributed by atoms with Crippen molar-refractivity contribution < 1.29 is 9.47 Å². The number of hydrogen-bond donors (Lipinski definition) is 1. The molecule has 0 fully saturated rings. The zero-order chi connectivity index (χ0) is 10.7. The Balaban J connectivity index is 3.40. The van der Waals surface area contributed by atoms with E-state index in [1.54, 1.807) is 14.2 Å². The second-order valence-corrected chi connectivity index (χ2v) is 3.24. The van der Waals surface area contributed by atoms with E-state index < -0.39 is 0 Å². The van der Waals surface area contributed by atoms with Gasteiger partial charge < -0.3 is 15.2 Å². The first-order valence-corrected chi connectivity index (χ1v) is 4.56. The van der Waals surface area contributed by atoms with Crippen LogP contribution in [-0.2, 0) is 6.54 Å². The molecule has 0 saturated heterocycles. The lowest BCUT2D eigenvalue weighted by Gasteiger charge is -2.15. The zero-order valence-corrected chi connectivity index (χ0v) is 9.18. The van der Waals surface area contributed by atoms with Crippen LogP contribution in [0.4, 0.5) is 0 Å². The molecule has 2 N–H and O–H groups in total. The minimum Gasteiger partial charge on any atom is -0.496 e. The number of nitrogens with two attached hydrogens (primary N) is 1. The Morgan fingerprint density at radius 3 is 2.29 bits per heavy atom. The third kappa shape index (κ3) is 1.68. The number of aryl methyl sites for hydroxylation is 1. The first-order chi connectivity index (χ1) is 6.65. The predicted molar refractivity (Wildman–Crippen MR) is 56.9 cm³/mol. The van der Waals surface area contributed by atoms with Gasteiger partial charge in [-0.25, -0.2) is 0 Å². The summed E-state index contributed by atoms with van der Waals surface area (Å²) in [6, 6.07) is 1.99. The molecule has 3 nitrogen and oxygen atoms in total. The molecule has 0 aromatic heterocycles. The smallest absolute Gasteiger partial charge is 0.130 e. The van der Waals surface area contributed by atoms with Crippen molar-refractivity contribution in [2.24, 2.45) is 5.73 Å². The molecule has 0 aliphatic carbocycles. The Kier molecular flexibility index (Phi) is 3.36. The van der Waals surface area contributed by atoms with E-state index in [2.05, 4.69) is 0 Å². The van der Waals surface area contributed by atoms with Crippen LogP contribution in [0.15, 0.2) is 6.07 Å². The van der Waals surface area contributed by atoms with E-state index in [4.69, 9.17) is 15.2 Å². The van der Waals surface area contributed by atoms with Crippen LogP contribution in [0.1, 0.15) is 16.7 Å². The highest BCUT2D eigenvalue weighted by Gasteiger charge is 2.12. The van der Waals surface area contributed by atoms with Gasteiger partial charge in [0.2, 0.25) is 0 Å². The Bertz CT molecular complexity index is 335. The van der Waals surface area contributed by atoms with Gasteiger partial charge in [-0.05, 0) is 25.5 Å². The molecule has 0 radical (unpaired) electrons. The van der Waals surface area contributed by atoms with E-state index in [-0.39, 0.29) is 0 Å². The normalized spacial score (nSPS) is 10.1. The summed E-state index contributed by atoms with van der Waals surface area (Å²) in [6.45, 7) is 4.46. The number of methoxy groups -OCH3 is 2. The van der Waals surface area contributed by atoms with Crippen LogP contribution in [0.25, 0.3) is 0 Å². The van der Waals surface area contributed by atoms with Crippen LogP contribution < -0.4 is 15.2 Å². The van der Waals surface area contributed by atoms with Crippen LogP contribution in [0.5, 0.6) is 11.5 Å². The second-order valence-electron chi connectivity index (χ2n) is 3.24. The van der Waals surface area contributed by atoms with Gasteiger partial charge in [-0.1, -0.05) is 0 Å². The quantitative estimate of drug-likeness (QED) is 0.799. The van der Waals surface area contributed by atoms with Crippen LogP contribution in [0.3, 0.4) is 0 Å². The van der Waals surface area contributed by atoms with Crippen molar-refractivity contribution in [3.63, 3.8) is 0 Å². The molecule has 0 heterocycles. The molecule has 0 atom stereocenters. The van der Waals surface area contributed by atoms with E-state index in [0.717, 1.165) is 28.2 Å². The highest BCUT2D eigenvalue weighted by atomic mass is 16.5. The molecule has 0 aliphatic rings.